The van der Waals surface area contributed by atoms with E-state index in [9.17, 15) is 19.5 Å². The predicted molar refractivity (Wildman–Crippen MR) is 110 cm³/mol. The summed E-state index contributed by atoms with van der Waals surface area (Å²) in [7, 11) is 1.26. The lowest BCUT2D eigenvalue weighted by molar-refractivity contribution is -0.192. The highest BCUT2D eigenvalue weighted by Crippen LogP contribution is 2.48. The number of aromatic nitrogens is 3. The molecule has 0 bridgehead atoms. The Balaban J connectivity index is 1.89. The Kier molecular flexibility index (Phi) is 6.65. The van der Waals surface area contributed by atoms with Crippen molar-refractivity contribution < 1.29 is 24.2 Å². The molecule has 0 saturated carbocycles. The molecule has 2 unspecified atom stereocenters. The van der Waals surface area contributed by atoms with Crippen LogP contribution in [0.1, 0.15) is 6.92 Å². The molecule has 0 radical (unpaired) electrons. The van der Waals surface area contributed by atoms with Crippen molar-refractivity contribution >= 4 is 53.1 Å². The van der Waals surface area contributed by atoms with Gasteiger partial charge in [0.1, 0.15) is 16.1 Å². The SMILES string of the molecule is CO[C@@]1(NC(=O)C(C#N)SC)C(=O)N2C(C(=O)O)=C(C(C)Sc3cnn[nH]3)CS[C@H]21. The second-order valence-electron chi connectivity index (χ2n) is 6.27. The molecule has 3 heterocycles. The summed E-state index contributed by atoms with van der Waals surface area (Å²) in [4.78, 5) is 38.6. The van der Waals surface area contributed by atoms with Crippen LogP contribution in [0.4, 0.5) is 0 Å². The van der Waals surface area contributed by atoms with Crippen LogP contribution in [0, 0.1) is 11.3 Å². The lowest BCUT2D eigenvalue weighted by Gasteiger charge is -2.56. The predicted octanol–water partition coefficient (Wildman–Crippen LogP) is 0.253. The molecule has 4 atom stereocenters. The highest BCUT2D eigenvalue weighted by Gasteiger charge is 2.67. The fourth-order valence-corrected chi connectivity index (χ4v) is 6.16. The summed E-state index contributed by atoms with van der Waals surface area (Å²) in [6.07, 6.45) is 3.13. The lowest BCUT2D eigenvalue weighted by atomic mass is 9.97. The summed E-state index contributed by atoms with van der Waals surface area (Å²) in [5.74, 6) is -2.28. The molecule has 160 valence electrons. The Bertz CT molecular complexity index is 932. The van der Waals surface area contributed by atoms with Crippen LogP contribution in [0.2, 0.25) is 0 Å². The number of carboxylic acids is 1. The minimum absolute atomic E-state index is 0.125. The average molecular weight is 471 g/mol. The number of carboxylic acid groups (broad SMARTS) is 1. The van der Waals surface area contributed by atoms with Crippen molar-refractivity contribution in [1.82, 2.24) is 25.6 Å². The molecule has 30 heavy (non-hydrogen) atoms. The fraction of sp³-hybridized carbons (Fsp3) is 0.500. The van der Waals surface area contributed by atoms with Crippen molar-refractivity contribution in [2.75, 3.05) is 19.1 Å². The molecule has 2 aliphatic heterocycles. The third-order valence-electron chi connectivity index (χ3n) is 4.67. The first-order valence-corrected chi connectivity index (χ1v) is 11.8. The molecule has 0 aromatic carbocycles. The second-order valence-corrected chi connectivity index (χ2v) is 9.67. The molecule has 3 N–H and O–H groups in total. The number of nitriles is 1. The molecule has 11 nitrogen and oxygen atoms in total. The number of aromatic amines is 1. The number of fused-ring (bicyclic) bond motifs is 1. The van der Waals surface area contributed by atoms with Crippen LogP contribution in [0.3, 0.4) is 0 Å². The van der Waals surface area contributed by atoms with E-state index >= 15 is 0 Å². The molecule has 3 rings (SSSR count). The first-order chi connectivity index (χ1) is 14.3. The van der Waals surface area contributed by atoms with Crippen LogP contribution in [0.25, 0.3) is 0 Å². The summed E-state index contributed by atoms with van der Waals surface area (Å²) in [6.45, 7) is 1.83. The topological polar surface area (TPSA) is 161 Å². The monoisotopic (exact) mass is 470 g/mol. The summed E-state index contributed by atoms with van der Waals surface area (Å²) in [6, 6.07) is 1.85. The number of ether oxygens (including phenoxy) is 1. The maximum atomic E-state index is 13.0. The van der Waals surface area contributed by atoms with Gasteiger partial charge in [-0.15, -0.1) is 28.6 Å². The van der Waals surface area contributed by atoms with Crippen LogP contribution >= 0.6 is 35.3 Å². The number of hydrogen-bond acceptors (Lipinski definition) is 10. The molecule has 0 spiro atoms. The fourth-order valence-electron chi connectivity index (χ4n) is 3.19. The third kappa shape index (κ3) is 3.66. The summed E-state index contributed by atoms with van der Waals surface area (Å²) in [5.41, 5.74) is -1.28. The number of nitrogens with one attached hydrogen (secondary N) is 2. The maximum absolute atomic E-state index is 13.0. The Morgan fingerprint density at radius 1 is 1.60 bits per heavy atom. The Morgan fingerprint density at radius 2 is 2.33 bits per heavy atom. The Hall–Kier alpha value is -2.21. The summed E-state index contributed by atoms with van der Waals surface area (Å²) in [5, 5.41) is 30.1. The van der Waals surface area contributed by atoms with Gasteiger partial charge in [-0.05, 0) is 18.8 Å². The standard InChI is InChI=1S/C16H18N6O5S3/c1-7(30-10-5-18-21-20-10)8-6-29-15-16(27-2,19-12(23)9(4-17)28-3)14(26)22(15)11(8)13(24)25/h5,7,9,15H,6H2,1-3H3,(H,19,23)(H,24,25)(H,18,20,21)/t7?,9?,15-,16-/m0/s1. The van der Waals surface area contributed by atoms with Gasteiger partial charge in [0.05, 0.1) is 12.3 Å². The third-order valence-corrected chi connectivity index (χ3v) is 7.89. The van der Waals surface area contributed by atoms with E-state index in [-0.39, 0.29) is 10.9 Å². The first-order valence-electron chi connectivity index (χ1n) is 8.54. The molecule has 1 saturated heterocycles. The Labute approximate surface area is 184 Å². The largest absolute Gasteiger partial charge is 0.477 e. The quantitative estimate of drug-likeness (QED) is 0.271. The minimum Gasteiger partial charge on any atom is -0.477 e. The number of amides is 2. The van der Waals surface area contributed by atoms with Crippen molar-refractivity contribution in [3.8, 4) is 6.07 Å². The van der Waals surface area contributed by atoms with Gasteiger partial charge in [0.2, 0.25) is 5.91 Å². The number of carbonyl (C=O) groups is 3. The summed E-state index contributed by atoms with van der Waals surface area (Å²) >= 11 is 3.65. The van der Waals surface area contributed by atoms with E-state index in [4.69, 9.17) is 10.00 Å². The number of H-pyrrole nitrogens is 1. The van der Waals surface area contributed by atoms with E-state index in [0.29, 0.717) is 16.4 Å². The highest BCUT2D eigenvalue weighted by molar-refractivity contribution is 8.01. The van der Waals surface area contributed by atoms with Crippen molar-refractivity contribution in [3.63, 3.8) is 0 Å². The van der Waals surface area contributed by atoms with E-state index in [1.807, 2.05) is 13.0 Å². The van der Waals surface area contributed by atoms with Crippen LogP contribution in [0.5, 0.6) is 0 Å². The number of methoxy groups -OCH3 is 1. The molecular weight excluding hydrogens is 452 g/mol. The van der Waals surface area contributed by atoms with Gasteiger partial charge in [-0.1, -0.05) is 17.0 Å². The average Bonchev–Trinajstić information content (AvgIpc) is 3.24. The van der Waals surface area contributed by atoms with Crippen molar-refractivity contribution in [3.05, 3.63) is 17.5 Å². The van der Waals surface area contributed by atoms with E-state index in [2.05, 4.69) is 20.7 Å². The maximum Gasteiger partial charge on any atom is 0.352 e. The second kappa shape index (κ2) is 8.88. The van der Waals surface area contributed by atoms with E-state index in [1.165, 1.54) is 36.8 Å². The van der Waals surface area contributed by atoms with Crippen LogP contribution in [-0.2, 0) is 19.1 Å². The number of hydrogen-bond donors (Lipinski definition) is 3. The Morgan fingerprint density at radius 3 is 2.87 bits per heavy atom. The molecular formula is C16H18N6O5S3. The van der Waals surface area contributed by atoms with Crippen molar-refractivity contribution in [2.45, 2.75) is 33.5 Å². The number of aliphatic carboxylic acids is 1. The number of carbonyl (C=O) groups excluding carboxylic acids is 2. The molecule has 2 amide bonds. The van der Waals surface area contributed by atoms with Gasteiger partial charge in [-0.2, -0.15) is 5.26 Å². The van der Waals surface area contributed by atoms with E-state index < -0.39 is 34.1 Å². The van der Waals surface area contributed by atoms with Gasteiger partial charge in [-0.3, -0.25) is 19.6 Å². The molecule has 0 aliphatic carbocycles. The molecule has 14 heteroatoms. The molecule has 1 fully saturated rings. The van der Waals surface area contributed by atoms with Crippen LogP contribution in [0.15, 0.2) is 22.5 Å². The number of rotatable bonds is 8. The van der Waals surface area contributed by atoms with Crippen molar-refractivity contribution in [2.24, 2.45) is 0 Å². The highest BCUT2D eigenvalue weighted by atomic mass is 32.2. The number of β-lactam (4-membered cyclic amide) rings is 1. The lowest BCUT2D eigenvalue weighted by Crippen LogP contribution is -2.81. The van der Waals surface area contributed by atoms with Gasteiger partial charge < -0.3 is 15.2 Å². The molecule has 1 aromatic rings. The van der Waals surface area contributed by atoms with Crippen LogP contribution < -0.4 is 5.32 Å². The molecule has 2 aliphatic rings. The summed E-state index contributed by atoms with van der Waals surface area (Å²) < 4.78 is 5.37. The smallest absolute Gasteiger partial charge is 0.352 e. The zero-order chi connectivity index (χ0) is 22.1. The first kappa shape index (κ1) is 22.5. The zero-order valence-electron chi connectivity index (χ0n) is 16.1. The zero-order valence-corrected chi connectivity index (χ0v) is 18.6. The van der Waals surface area contributed by atoms with Gasteiger partial charge in [0, 0.05) is 18.1 Å². The minimum atomic E-state index is -1.72. The number of thioether (sulfide) groups is 3. The normalized spacial score (nSPS) is 25.1. The van der Waals surface area contributed by atoms with Gasteiger partial charge in [0.25, 0.3) is 11.6 Å². The van der Waals surface area contributed by atoms with Gasteiger partial charge in [-0.25, -0.2) is 4.79 Å². The molecule has 1 aromatic heterocycles. The van der Waals surface area contributed by atoms with Gasteiger partial charge in [0.15, 0.2) is 5.25 Å². The van der Waals surface area contributed by atoms with E-state index in [1.54, 1.807) is 6.26 Å². The number of nitrogens with zero attached hydrogens (tertiary/aromatic N) is 4. The van der Waals surface area contributed by atoms with E-state index in [0.717, 1.165) is 16.7 Å². The van der Waals surface area contributed by atoms with Crippen LogP contribution in [-0.4, -0.2) is 83.9 Å². The van der Waals surface area contributed by atoms with Gasteiger partial charge >= 0.3 is 5.97 Å². The van der Waals surface area contributed by atoms with Crippen molar-refractivity contribution in [1.29, 1.82) is 5.26 Å².